The minimum Gasteiger partial charge on any atom is -0.351 e. The van der Waals surface area contributed by atoms with E-state index in [0.29, 0.717) is 6.42 Å². The Bertz CT molecular complexity index is 261. The van der Waals surface area contributed by atoms with Gasteiger partial charge < -0.3 is 15.5 Å². The number of nitrogens with zero attached hydrogens (tertiary/aromatic N) is 1. The largest absolute Gasteiger partial charge is 0.351 e. The second kappa shape index (κ2) is 4.61. The van der Waals surface area contributed by atoms with Crippen LogP contribution < -0.4 is 10.6 Å². The first-order valence-electron chi connectivity index (χ1n) is 5.53. The van der Waals surface area contributed by atoms with Crippen molar-refractivity contribution < 1.29 is 9.59 Å². The number of carbonyl (C=O) groups excluding carboxylic acids is 2. The van der Waals surface area contributed by atoms with Crippen LogP contribution in [0.4, 0.5) is 0 Å². The van der Waals surface area contributed by atoms with Crippen molar-refractivity contribution in [3.05, 3.63) is 0 Å². The van der Waals surface area contributed by atoms with E-state index in [1.165, 1.54) is 0 Å². The van der Waals surface area contributed by atoms with Gasteiger partial charge in [0, 0.05) is 25.6 Å². The maximum absolute atomic E-state index is 11.6. The van der Waals surface area contributed by atoms with Crippen LogP contribution in [0.2, 0.25) is 0 Å². The van der Waals surface area contributed by atoms with Gasteiger partial charge in [0.2, 0.25) is 11.8 Å². The molecule has 2 heterocycles. The molecular weight excluding hydrogens is 194 g/mol. The van der Waals surface area contributed by atoms with Crippen molar-refractivity contribution in [3.63, 3.8) is 0 Å². The molecule has 2 saturated heterocycles. The van der Waals surface area contributed by atoms with E-state index in [0.717, 1.165) is 32.5 Å². The second-order valence-electron chi connectivity index (χ2n) is 4.18. The van der Waals surface area contributed by atoms with E-state index in [4.69, 9.17) is 0 Å². The van der Waals surface area contributed by atoms with Crippen LogP contribution in [-0.4, -0.2) is 48.9 Å². The summed E-state index contributed by atoms with van der Waals surface area (Å²) in [7, 11) is 0. The lowest BCUT2D eigenvalue weighted by molar-refractivity contribution is -0.133. The Morgan fingerprint density at radius 1 is 1.60 bits per heavy atom. The molecule has 2 rings (SSSR count). The Morgan fingerprint density at radius 3 is 3.07 bits per heavy atom. The van der Waals surface area contributed by atoms with Gasteiger partial charge in [-0.1, -0.05) is 0 Å². The highest BCUT2D eigenvalue weighted by Gasteiger charge is 2.24. The molecule has 5 nitrogen and oxygen atoms in total. The molecule has 0 aliphatic carbocycles. The Morgan fingerprint density at radius 2 is 2.47 bits per heavy atom. The van der Waals surface area contributed by atoms with Gasteiger partial charge in [-0.25, -0.2) is 0 Å². The summed E-state index contributed by atoms with van der Waals surface area (Å²) in [5.74, 6) is 0.0775. The van der Waals surface area contributed by atoms with Crippen molar-refractivity contribution in [1.82, 2.24) is 15.5 Å². The molecule has 0 spiro atoms. The zero-order valence-electron chi connectivity index (χ0n) is 8.79. The first kappa shape index (κ1) is 10.4. The van der Waals surface area contributed by atoms with E-state index in [1.807, 2.05) is 0 Å². The number of amides is 2. The highest BCUT2D eigenvalue weighted by Crippen LogP contribution is 2.08. The summed E-state index contributed by atoms with van der Waals surface area (Å²) >= 11 is 0. The van der Waals surface area contributed by atoms with Gasteiger partial charge >= 0.3 is 0 Å². The fourth-order valence-electron chi connectivity index (χ4n) is 2.10. The molecule has 2 aliphatic heterocycles. The molecule has 2 fully saturated rings. The summed E-state index contributed by atoms with van der Waals surface area (Å²) in [6.45, 7) is 2.78. The van der Waals surface area contributed by atoms with Gasteiger partial charge in [-0.05, 0) is 19.4 Å². The summed E-state index contributed by atoms with van der Waals surface area (Å²) in [6.07, 6.45) is 2.47. The lowest BCUT2D eigenvalue weighted by Gasteiger charge is -2.17. The van der Waals surface area contributed by atoms with E-state index in [-0.39, 0.29) is 24.4 Å². The lowest BCUT2D eigenvalue weighted by Crippen LogP contribution is -2.43. The maximum atomic E-state index is 11.6. The summed E-state index contributed by atoms with van der Waals surface area (Å²) < 4.78 is 0. The van der Waals surface area contributed by atoms with Crippen molar-refractivity contribution in [3.8, 4) is 0 Å². The maximum Gasteiger partial charge on any atom is 0.239 e. The summed E-state index contributed by atoms with van der Waals surface area (Å²) in [4.78, 5) is 24.5. The highest BCUT2D eigenvalue weighted by molar-refractivity contribution is 5.85. The third kappa shape index (κ3) is 2.68. The zero-order chi connectivity index (χ0) is 10.7. The molecule has 15 heavy (non-hydrogen) atoms. The zero-order valence-corrected chi connectivity index (χ0v) is 8.79. The molecule has 0 aromatic heterocycles. The van der Waals surface area contributed by atoms with Crippen molar-refractivity contribution in [2.45, 2.75) is 25.3 Å². The number of carbonyl (C=O) groups is 2. The molecule has 0 aromatic carbocycles. The molecule has 0 saturated carbocycles. The van der Waals surface area contributed by atoms with Gasteiger partial charge in [0.05, 0.1) is 6.54 Å². The van der Waals surface area contributed by atoms with Crippen LogP contribution in [-0.2, 0) is 9.59 Å². The van der Waals surface area contributed by atoms with E-state index < -0.39 is 0 Å². The van der Waals surface area contributed by atoms with Gasteiger partial charge in [0.15, 0.2) is 0 Å². The summed E-state index contributed by atoms with van der Waals surface area (Å²) in [5.41, 5.74) is 0. The number of rotatable bonds is 3. The Balaban J connectivity index is 1.74. The van der Waals surface area contributed by atoms with Crippen LogP contribution in [0.1, 0.15) is 19.3 Å². The Kier molecular flexibility index (Phi) is 3.20. The third-order valence-corrected chi connectivity index (χ3v) is 2.93. The lowest BCUT2D eigenvalue weighted by atomic mass is 10.2. The van der Waals surface area contributed by atoms with Crippen LogP contribution in [0.3, 0.4) is 0 Å². The normalized spacial score (nSPS) is 26.0. The van der Waals surface area contributed by atoms with Crippen molar-refractivity contribution in [2.24, 2.45) is 0 Å². The highest BCUT2D eigenvalue weighted by atomic mass is 16.2. The topological polar surface area (TPSA) is 61.4 Å². The number of hydrogen-bond donors (Lipinski definition) is 2. The van der Waals surface area contributed by atoms with Crippen LogP contribution in [0.15, 0.2) is 0 Å². The van der Waals surface area contributed by atoms with E-state index >= 15 is 0 Å². The van der Waals surface area contributed by atoms with Crippen LogP contribution in [0.5, 0.6) is 0 Å². The second-order valence-corrected chi connectivity index (χ2v) is 4.18. The third-order valence-electron chi connectivity index (χ3n) is 2.93. The monoisotopic (exact) mass is 211 g/mol. The van der Waals surface area contributed by atoms with Gasteiger partial charge in [0.25, 0.3) is 0 Å². The SMILES string of the molecule is O=C(CN1CCCC1=O)NC1CCNC1. The molecule has 2 aliphatic rings. The van der Waals surface area contributed by atoms with Gasteiger partial charge in [-0.2, -0.15) is 0 Å². The molecule has 5 heteroatoms. The number of nitrogens with one attached hydrogen (secondary N) is 2. The van der Waals surface area contributed by atoms with Gasteiger partial charge in [0.1, 0.15) is 0 Å². The van der Waals surface area contributed by atoms with Crippen molar-refractivity contribution in [2.75, 3.05) is 26.2 Å². The summed E-state index contributed by atoms with van der Waals surface area (Å²) in [6, 6.07) is 0.246. The van der Waals surface area contributed by atoms with Crippen LogP contribution in [0, 0.1) is 0 Å². The van der Waals surface area contributed by atoms with Crippen LogP contribution >= 0.6 is 0 Å². The fraction of sp³-hybridized carbons (Fsp3) is 0.800. The summed E-state index contributed by atoms with van der Waals surface area (Å²) in [5, 5.41) is 6.12. The molecule has 0 aromatic rings. The van der Waals surface area contributed by atoms with Crippen molar-refractivity contribution in [1.29, 1.82) is 0 Å². The molecule has 1 unspecified atom stereocenters. The first-order chi connectivity index (χ1) is 7.25. The molecule has 84 valence electrons. The van der Waals surface area contributed by atoms with E-state index in [2.05, 4.69) is 10.6 Å². The molecule has 2 amide bonds. The Hall–Kier alpha value is -1.10. The quantitative estimate of drug-likeness (QED) is 0.635. The van der Waals surface area contributed by atoms with Crippen molar-refractivity contribution >= 4 is 11.8 Å². The molecular formula is C10H17N3O2. The van der Waals surface area contributed by atoms with Crippen LogP contribution in [0.25, 0.3) is 0 Å². The number of likely N-dealkylation sites (tertiary alicyclic amines) is 1. The predicted octanol–water partition coefficient (Wildman–Crippen LogP) is -0.913. The van der Waals surface area contributed by atoms with Gasteiger partial charge in [-0.3, -0.25) is 9.59 Å². The Labute approximate surface area is 89.2 Å². The van der Waals surface area contributed by atoms with E-state index in [9.17, 15) is 9.59 Å². The molecule has 0 bridgehead atoms. The standard InChI is InChI=1S/C10H17N3O2/c14-9(12-8-3-4-11-6-8)7-13-5-1-2-10(13)15/h8,11H,1-7H2,(H,12,14). The predicted molar refractivity (Wildman–Crippen MR) is 55.2 cm³/mol. The van der Waals surface area contributed by atoms with E-state index in [1.54, 1.807) is 4.90 Å². The fourth-order valence-corrected chi connectivity index (χ4v) is 2.10. The average Bonchev–Trinajstić information content (AvgIpc) is 2.79. The molecule has 2 N–H and O–H groups in total. The smallest absolute Gasteiger partial charge is 0.239 e. The van der Waals surface area contributed by atoms with Gasteiger partial charge in [-0.15, -0.1) is 0 Å². The minimum absolute atomic E-state index is 0.0287. The molecule has 0 radical (unpaired) electrons. The average molecular weight is 211 g/mol. The first-order valence-corrected chi connectivity index (χ1v) is 5.53. The number of hydrogen-bond acceptors (Lipinski definition) is 3. The minimum atomic E-state index is -0.0287. The molecule has 1 atom stereocenters.